The van der Waals surface area contributed by atoms with E-state index in [1.165, 1.54) is 4.90 Å². The van der Waals surface area contributed by atoms with Crippen LogP contribution in [0.5, 0.6) is 0 Å². The summed E-state index contributed by atoms with van der Waals surface area (Å²) in [5, 5.41) is 0.550. The molecule has 0 bridgehead atoms. The zero-order valence-electron chi connectivity index (χ0n) is 12.7. The molecule has 4 rings (SSSR count). The largest absolute Gasteiger partial charge is 0.355 e. The van der Waals surface area contributed by atoms with Gasteiger partial charge in [-0.05, 0) is 49.8 Å². The van der Waals surface area contributed by atoms with Crippen LogP contribution in [0.1, 0.15) is 13.8 Å². The zero-order chi connectivity index (χ0) is 16.4. The number of amides is 2. The minimum atomic E-state index is -0.785. The number of hydrogen-bond donors (Lipinski definition) is 0. The highest BCUT2D eigenvalue weighted by Gasteiger charge is 2.63. The Morgan fingerprint density at radius 2 is 1.91 bits per heavy atom. The lowest BCUT2D eigenvalue weighted by Crippen LogP contribution is -2.43. The fraction of sp³-hybridized carbons (Fsp3) is 0.353. The van der Waals surface area contributed by atoms with E-state index < -0.39 is 17.6 Å². The van der Waals surface area contributed by atoms with Crippen molar-refractivity contribution in [2.75, 3.05) is 4.90 Å². The number of imide groups is 1. The van der Waals surface area contributed by atoms with E-state index in [-0.39, 0.29) is 17.9 Å². The maximum absolute atomic E-state index is 12.9. The zero-order valence-corrected chi connectivity index (χ0v) is 13.4. The molecule has 0 saturated carbocycles. The highest BCUT2D eigenvalue weighted by Crippen LogP contribution is 2.46. The second-order valence-electron chi connectivity index (χ2n) is 6.35. The summed E-state index contributed by atoms with van der Waals surface area (Å²) in [7, 11) is 0. The normalized spacial score (nSPS) is 35.3. The van der Waals surface area contributed by atoms with E-state index in [2.05, 4.69) is 4.99 Å². The lowest BCUT2D eigenvalue weighted by molar-refractivity contribution is -0.129. The van der Waals surface area contributed by atoms with Crippen molar-refractivity contribution in [2.45, 2.75) is 31.6 Å². The van der Waals surface area contributed by atoms with Crippen molar-refractivity contribution in [3.05, 3.63) is 40.9 Å². The molecule has 2 saturated heterocycles. The maximum atomic E-state index is 12.9. The van der Waals surface area contributed by atoms with Crippen LogP contribution in [0, 0.1) is 5.92 Å². The molecule has 2 fully saturated rings. The van der Waals surface area contributed by atoms with Gasteiger partial charge in [0.2, 0.25) is 5.91 Å². The van der Waals surface area contributed by atoms with Gasteiger partial charge in [0.1, 0.15) is 5.60 Å². The molecule has 6 heteroatoms. The lowest BCUT2D eigenvalue weighted by Gasteiger charge is -2.30. The van der Waals surface area contributed by atoms with E-state index in [1.54, 1.807) is 30.5 Å². The number of carbonyl (C=O) groups excluding carboxylic acids is 2. The summed E-state index contributed by atoms with van der Waals surface area (Å²) >= 11 is 5.87. The van der Waals surface area contributed by atoms with Crippen molar-refractivity contribution >= 4 is 35.3 Å². The second kappa shape index (κ2) is 4.76. The van der Waals surface area contributed by atoms with Crippen LogP contribution in [0.15, 0.2) is 40.9 Å². The Morgan fingerprint density at radius 1 is 1.22 bits per heavy atom. The van der Waals surface area contributed by atoms with Crippen molar-refractivity contribution < 1.29 is 14.3 Å². The molecule has 3 heterocycles. The number of allylic oxidation sites excluding steroid dienone is 1. The predicted molar refractivity (Wildman–Crippen MR) is 86.8 cm³/mol. The van der Waals surface area contributed by atoms with Gasteiger partial charge in [0, 0.05) is 11.2 Å². The Kier molecular flexibility index (Phi) is 3.02. The van der Waals surface area contributed by atoms with Crippen molar-refractivity contribution in [1.82, 2.24) is 0 Å². The van der Waals surface area contributed by atoms with Gasteiger partial charge >= 0.3 is 0 Å². The molecule has 23 heavy (non-hydrogen) atoms. The first-order valence-corrected chi connectivity index (χ1v) is 7.82. The first-order chi connectivity index (χ1) is 10.9. The van der Waals surface area contributed by atoms with E-state index in [0.717, 1.165) is 5.57 Å². The third-order valence-electron chi connectivity index (χ3n) is 4.64. The minimum Gasteiger partial charge on any atom is -0.355 e. The molecule has 0 N–H and O–H groups in total. The molecule has 118 valence electrons. The average molecular weight is 331 g/mol. The summed E-state index contributed by atoms with van der Waals surface area (Å²) in [6, 6.07) is 6.26. The molecule has 1 aromatic carbocycles. The number of hydrogen-bond acceptors (Lipinski definition) is 4. The number of carbonyl (C=O) groups is 2. The number of rotatable bonds is 1. The van der Waals surface area contributed by atoms with E-state index in [1.807, 2.05) is 19.9 Å². The Hall–Kier alpha value is -1.98. The van der Waals surface area contributed by atoms with E-state index in [9.17, 15) is 9.59 Å². The molecular formula is C17H15ClN2O3. The Bertz CT molecular complexity index is 771. The maximum Gasteiger partial charge on any atom is 0.263 e. The molecule has 3 aliphatic rings. The van der Waals surface area contributed by atoms with Crippen molar-refractivity contribution in [2.24, 2.45) is 10.9 Å². The Labute approximate surface area is 138 Å². The van der Waals surface area contributed by atoms with E-state index in [0.29, 0.717) is 10.7 Å². The molecule has 4 atom stereocenters. The third kappa shape index (κ3) is 2.00. The minimum absolute atomic E-state index is 0.263. The number of nitrogens with zero attached hydrogens (tertiary/aromatic N) is 2. The molecule has 1 aromatic rings. The molecule has 5 nitrogen and oxygen atoms in total. The van der Waals surface area contributed by atoms with Crippen LogP contribution < -0.4 is 4.90 Å². The summed E-state index contributed by atoms with van der Waals surface area (Å²) in [5.74, 6) is -1.18. The summed E-state index contributed by atoms with van der Waals surface area (Å²) < 4.78 is 5.98. The molecule has 0 aromatic heterocycles. The summed E-state index contributed by atoms with van der Waals surface area (Å²) in [6.45, 7) is 3.80. The van der Waals surface area contributed by atoms with Gasteiger partial charge in [-0.1, -0.05) is 11.6 Å². The number of halogens is 1. The highest BCUT2D eigenvalue weighted by atomic mass is 35.5. The van der Waals surface area contributed by atoms with Gasteiger partial charge in [0.25, 0.3) is 5.91 Å². The van der Waals surface area contributed by atoms with Crippen LogP contribution in [-0.2, 0) is 14.3 Å². The van der Waals surface area contributed by atoms with E-state index in [4.69, 9.17) is 16.3 Å². The number of benzene rings is 1. The van der Waals surface area contributed by atoms with E-state index >= 15 is 0 Å². The summed E-state index contributed by atoms with van der Waals surface area (Å²) in [4.78, 5) is 31.2. The number of dihydropyridines is 1. The Morgan fingerprint density at radius 3 is 2.61 bits per heavy atom. The Balaban J connectivity index is 1.72. The van der Waals surface area contributed by atoms with Crippen molar-refractivity contribution in [3.8, 4) is 0 Å². The van der Waals surface area contributed by atoms with Crippen LogP contribution >= 0.6 is 11.6 Å². The topological polar surface area (TPSA) is 59.0 Å². The smallest absolute Gasteiger partial charge is 0.263 e. The van der Waals surface area contributed by atoms with Crippen LogP contribution in [-0.4, -0.2) is 35.8 Å². The SMILES string of the molecule is CC1=C[C@]2(C)O[C@@H]3C(=O)N(c4ccc(Cl)cc4)C(=O)[C@@H]3[C@@H]2N=C1. The first kappa shape index (κ1) is 14.6. The fourth-order valence-corrected chi connectivity index (χ4v) is 3.81. The van der Waals surface area contributed by atoms with Gasteiger partial charge in [-0.25, -0.2) is 4.90 Å². The molecule has 0 spiro atoms. The molecular weight excluding hydrogens is 316 g/mol. The fourth-order valence-electron chi connectivity index (χ4n) is 3.68. The third-order valence-corrected chi connectivity index (χ3v) is 4.89. The first-order valence-electron chi connectivity index (χ1n) is 7.44. The highest BCUT2D eigenvalue weighted by molar-refractivity contribution is 6.31. The predicted octanol–water partition coefficient (Wildman–Crippen LogP) is 2.39. The molecule has 3 aliphatic heterocycles. The van der Waals surface area contributed by atoms with Crippen molar-refractivity contribution in [3.63, 3.8) is 0 Å². The van der Waals surface area contributed by atoms with Gasteiger partial charge < -0.3 is 4.74 Å². The molecule has 0 unspecified atom stereocenters. The number of fused-ring (bicyclic) bond motifs is 3. The molecule has 2 amide bonds. The quantitative estimate of drug-likeness (QED) is 0.743. The van der Waals surface area contributed by atoms with Gasteiger partial charge in [-0.2, -0.15) is 0 Å². The van der Waals surface area contributed by atoms with Crippen LogP contribution in [0.3, 0.4) is 0 Å². The monoisotopic (exact) mass is 330 g/mol. The van der Waals surface area contributed by atoms with Gasteiger partial charge in [-0.3, -0.25) is 14.6 Å². The second-order valence-corrected chi connectivity index (χ2v) is 6.78. The molecule has 0 radical (unpaired) electrons. The number of aliphatic imine (C=N–C) groups is 1. The summed E-state index contributed by atoms with van der Waals surface area (Å²) in [6.07, 6.45) is 2.89. The number of ether oxygens (including phenoxy) is 1. The lowest BCUT2D eigenvalue weighted by atomic mass is 9.85. The standard InChI is InChI=1S/C17H15ClN2O3/c1-9-7-17(2)14(19-8-9)12-13(23-17)16(22)20(15(12)21)11-5-3-10(18)4-6-11/h3-8,12-14H,1-2H3/t12-,13-,14-,17-/m0/s1. The van der Waals surface area contributed by atoms with Crippen LogP contribution in [0.2, 0.25) is 5.02 Å². The van der Waals surface area contributed by atoms with Gasteiger partial charge in [0.15, 0.2) is 6.10 Å². The van der Waals surface area contributed by atoms with Crippen LogP contribution in [0.4, 0.5) is 5.69 Å². The number of anilines is 1. The summed E-state index contributed by atoms with van der Waals surface area (Å²) in [5.41, 5.74) is 0.778. The average Bonchev–Trinajstić information content (AvgIpc) is 2.92. The van der Waals surface area contributed by atoms with Crippen molar-refractivity contribution in [1.29, 1.82) is 0 Å². The van der Waals surface area contributed by atoms with Gasteiger partial charge in [-0.15, -0.1) is 0 Å². The molecule has 0 aliphatic carbocycles. The van der Waals surface area contributed by atoms with Crippen LogP contribution in [0.25, 0.3) is 0 Å². The van der Waals surface area contributed by atoms with Gasteiger partial charge in [0.05, 0.1) is 17.6 Å².